The zero-order chi connectivity index (χ0) is 19.4. The van der Waals surface area contributed by atoms with Crippen molar-refractivity contribution in [3.05, 3.63) is 23.8 Å². The maximum absolute atomic E-state index is 13.0. The number of nitrogens with zero attached hydrogens (tertiary/aromatic N) is 4. The van der Waals surface area contributed by atoms with Gasteiger partial charge in [-0.25, -0.2) is 9.97 Å². The van der Waals surface area contributed by atoms with Crippen LogP contribution in [0.1, 0.15) is 69.1 Å². The van der Waals surface area contributed by atoms with Gasteiger partial charge in [0.1, 0.15) is 5.82 Å². The summed E-state index contributed by atoms with van der Waals surface area (Å²) in [6, 6.07) is 0. The Morgan fingerprint density at radius 2 is 1.96 bits per heavy atom. The van der Waals surface area contributed by atoms with Gasteiger partial charge in [-0.2, -0.15) is 0 Å². The molecule has 0 bridgehead atoms. The first-order chi connectivity index (χ1) is 12.9. The summed E-state index contributed by atoms with van der Waals surface area (Å²) in [6.45, 7) is 9.50. The van der Waals surface area contributed by atoms with Gasteiger partial charge < -0.3 is 9.80 Å². The van der Waals surface area contributed by atoms with Gasteiger partial charge in [0, 0.05) is 56.8 Å². The Morgan fingerprint density at radius 3 is 2.63 bits per heavy atom. The molecule has 6 heteroatoms. The number of hydrogen-bond donors (Lipinski definition) is 0. The number of amides is 2. The number of carbonyl (C=O) groups is 2. The van der Waals surface area contributed by atoms with E-state index < -0.39 is 0 Å². The molecule has 0 saturated carbocycles. The lowest BCUT2D eigenvalue weighted by atomic mass is 9.73. The lowest BCUT2D eigenvalue weighted by Crippen LogP contribution is -2.55. The largest absolute Gasteiger partial charge is 0.342 e. The summed E-state index contributed by atoms with van der Waals surface area (Å²) in [5, 5.41) is 0. The predicted molar refractivity (Wildman–Crippen MR) is 104 cm³/mol. The van der Waals surface area contributed by atoms with Crippen molar-refractivity contribution in [1.82, 2.24) is 19.8 Å². The van der Waals surface area contributed by atoms with Crippen molar-refractivity contribution < 1.29 is 9.59 Å². The van der Waals surface area contributed by atoms with Crippen LogP contribution in [0.3, 0.4) is 0 Å². The van der Waals surface area contributed by atoms with Crippen molar-refractivity contribution in [3.63, 3.8) is 0 Å². The molecular formula is C21H32N4O2. The smallest absolute Gasteiger partial charge is 0.257 e. The summed E-state index contributed by atoms with van der Waals surface area (Å²) in [4.78, 5) is 37.8. The van der Waals surface area contributed by atoms with Gasteiger partial charge in [0.2, 0.25) is 5.91 Å². The highest BCUT2D eigenvalue weighted by Crippen LogP contribution is 2.39. The maximum atomic E-state index is 13.0. The second-order valence-corrected chi connectivity index (χ2v) is 8.57. The Hall–Kier alpha value is -1.98. The average molecular weight is 373 g/mol. The lowest BCUT2D eigenvalue weighted by molar-refractivity contribution is -0.139. The van der Waals surface area contributed by atoms with Gasteiger partial charge in [-0.15, -0.1) is 0 Å². The third-order valence-electron chi connectivity index (χ3n) is 5.94. The highest BCUT2D eigenvalue weighted by Gasteiger charge is 2.42. The van der Waals surface area contributed by atoms with E-state index >= 15 is 0 Å². The van der Waals surface area contributed by atoms with Crippen molar-refractivity contribution in [1.29, 1.82) is 0 Å². The molecule has 2 aliphatic rings. The summed E-state index contributed by atoms with van der Waals surface area (Å²) >= 11 is 0. The Kier molecular flexibility index (Phi) is 6.12. The molecule has 0 N–H and O–H groups in total. The van der Waals surface area contributed by atoms with Crippen molar-refractivity contribution in [2.45, 2.75) is 59.3 Å². The number of rotatable bonds is 5. The number of likely N-dealkylation sites (tertiary alicyclic amines) is 2. The minimum absolute atomic E-state index is 0.0161. The van der Waals surface area contributed by atoms with E-state index in [1.54, 1.807) is 12.4 Å². The van der Waals surface area contributed by atoms with Crippen LogP contribution in [0.2, 0.25) is 0 Å². The van der Waals surface area contributed by atoms with Gasteiger partial charge in [-0.3, -0.25) is 9.59 Å². The van der Waals surface area contributed by atoms with Crippen LogP contribution in [0.4, 0.5) is 0 Å². The third kappa shape index (κ3) is 4.66. The summed E-state index contributed by atoms with van der Waals surface area (Å²) < 4.78 is 0. The highest BCUT2D eigenvalue weighted by molar-refractivity contribution is 5.93. The Labute approximate surface area is 162 Å². The molecule has 148 valence electrons. The fourth-order valence-corrected chi connectivity index (χ4v) is 4.26. The second kappa shape index (κ2) is 8.36. The van der Waals surface area contributed by atoms with Crippen LogP contribution in [-0.2, 0) is 11.2 Å². The van der Waals surface area contributed by atoms with E-state index in [-0.39, 0.29) is 17.2 Å². The van der Waals surface area contributed by atoms with E-state index in [2.05, 4.69) is 23.8 Å². The first-order valence-corrected chi connectivity index (χ1v) is 10.3. The van der Waals surface area contributed by atoms with Crippen LogP contribution < -0.4 is 0 Å². The maximum Gasteiger partial charge on any atom is 0.257 e. The second-order valence-electron chi connectivity index (χ2n) is 8.57. The molecule has 3 heterocycles. The van der Waals surface area contributed by atoms with Crippen LogP contribution in [0.5, 0.6) is 0 Å². The minimum atomic E-state index is 0.0161. The zero-order valence-electron chi connectivity index (χ0n) is 16.9. The molecular weight excluding hydrogens is 340 g/mol. The lowest BCUT2D eigenvalue weighted by Gasteiger charge is -2.48. The van der Waals surface area contributed by atoms with Crippen molar-refractivity contribution >= 4 is 11.8 Å². The van der Waals surface area contributed by atoms with Crippen LogP contribution in [-0.4, -0.2) is 57.8 Å². The Bertz CT molecular complexity index is 673. The minimum Gasteiger partial charge on any atom is -0.342 e. The van der Waals surface area contributed by atoms with Crippen molar-refractivity contribution in [3.8, 4) is 0 Å². The van der Waals surface area contributed by atoms with Crippen LogP contribution in [0.25, 0.3) is 0 Å². The highest BCUT2D eigenvalue weighted by atomic mass is 16.2. The Balaban J connectivity index is 1.68. The number of aryl methyl sites for hydroxylation is 1. The normalized spacial score (nSPS) is 23.3. The standard InChI is InChI=1S/C21H32N4O2/c1-4-18-22-12-17(13-23-18)20(27)25-10-5-8-21(15-25)9-6-19(26)24(14-21)11-7-16(2)3/h12-13,16H,4-11,14-15H2,1-3H3/t21-/m0/s1. The van der Waals surface area contributed by atoms with Gasteiger partial charge in [-0.1, -0.05) is 20.8 Å². The van der Waals surface area contributed by atoms with Gasteiger partial charge >= 0.3 is 0 Å². The molecule has 0 aliphatic carbocycles. The molecule has 1 aromatic rings. The molecule has 0 radical (unpaired) electrons. The SMILES string of the molecule is CCc1ncc(C(=O)N2CCC[C@@]3(CCC(=O)N(CCC(C)C)C3)C2)cn1. The van der Waals surface area contributed by atoms with Crippen molar-refractivity contribution in [2.24, 2.45) is 11.3 Å². The van der Waals surface area contributed by atoms with Crippen LogP contribution >= 0.6 is 0 Å². The number of aromatic nitrogens is 2. The monoisotopic (exact) mass is 372 g/mol. The third-order valence-corrected chi connectivity index (χ3v) is 5.94. The first kappa shape index (κ1) is 19.8. The predicted octanol–water partition coefficient (Wildman–Crippen LogP) is 2.93. The molecule has 0 unspecified atom stereocenters. The fraction of sp³-hybridized carbons (Fsp3) is 0.714. The summed E-state index contributed by atoms with van der Waals surface area (Å²) in [7, 11) is 0. The molecule has 6 nitrogen and oxygen atoms in total. The topological polar surface area (TPSA) is 66.4 Å². The van der Waals surface area contributed by atoms with E-state index in [0.717, 1.165) is 64.1 Å². The molecule has 1 aromatic heterocycles. The molecule has 1 atom stereocenters. The first-order valence-electron chi connectivity index (χ1n) is 10.3. The van der Waals surface area contributed by atoms with Gasteiger partial charge in [0.25, 0.3) is 5.91 Å². The molecule has 0 aromatic carbocycles. The summed E-state index contributed by atoms with van der Waals surface area (Å²) in [5.41, 5.74) is 0.607. The van der Waals surface area contributed by atoms with E-state index in [4.69, 9.17) is 0 Å². The van der Waals surface area contributed by atoms with Gasteiger partial charge in [-0.05, 0) is 31.6 Å². The molecule has 27 heavy (non-hydrogen) atoms. The van der Waals surface area contributed by atoms with Crippen molar-refractivity contribution in [2.75, 3.05) is 26.2 Å². The van der Waals surface area contributed by atoms with E-state index in [1.807, 2.05) is 16.7 Å². The average Bonchev–Trinajstić information content (AvgIpc) is 2.68. The molecule has 2 saturated heterocycles. The number of piperidine rings is 2. The summed E-state index contributed by atoms with van der Waals surface area (Å²) in [5.74, 6) is 1.63. The van der Waals surface area contributed by atoms with Crippen LogP contribution in [0.15, 0.2) is 12.4 Å². The molecule has 3 rings (SSSR count). The van der Waals surface area contributed by atoms with Gasteiger partial charge in [0.05, 0.1) is 5.56 Å². The van der Waals surface area contributed by atoms with Crippen LogP contribution in [0, 0.1) is 11.3 Å². The Morgan fingerprint density at radius 1 is 1.22 bits per heavy atom. The molecule has 2 fully saturated rings. The number of hydrogen-bond acceptors (Lipinski definition) is 4. The molecule has 2 amide bonds. The zero-order valence-corrected chi connectivity index (χ0v) is 16.9. The molecule has 2 aliphatic heterocycles. The van der Waals surface area contributed by atoms with E-state index in [1.165, 1.54) is 0 Å². The van der Waals surface area contributed by atoms with Gasteiger partial charge in [0.15, 0.2) is 0 Å². The number of carbonyl (C=O) groups excluding carboxylic acids is 2. The summed E-state index contributed by atoms with van der Waals surface area (Å²) in [6.07, 6.45) is 8.67. The molecule has 1 spiro atoms. The quantitative estimate of drug-likeness (QED) is 0.797. The van der Waals surface area contributed by atoms with E-state index in [9.17, 15) is 9.59 Å². The van der Waals surface area contributed by atoms with E-state index in [0.29, 0.717) is 17.9 Å². The fourth-order valence-electron chi connectivity index (χ4n) is 4.26.